The normalized spacial score (nSPS) is 16.4. The van der Waals surface area contributed by atoms with Crippen molar-refractivity contribution in [3.63, 3.8) is 0 Å². The Bertz CT molecular complexity index is 718. The lowest BCUT2D eigenvalue weighted by Gasteiger charge is -2.14. The van der Waals surface area contributed by atoms with E-state index in [0.29, 0.717) is 5.69 Å². The average Bonchev–Trinajstić information content (AvgIpc) is 2.77. The zero-order chi connectivity index (χ0) is 14.8. The Morgan fingerprint density at radius 1 is 0.952 bits per heavy atom. The molecule has 1 aliphatic heterocycles. The van der Waals surface area contributed by atoms with Gasteiger partial charge in [-0.05, 0) is 30.7 Å². The van der Waals surface area contributed by atoms with Gasteiger partial charge in [-0.25, -0.2) is 5.01 Å². The molecule has 104 valence electrons. The van der Waals surface area contributed by atoms with Gasteiger partial charge in [0.1, 0.15) is 5.57 Å². The topological polar surface area (TPSA) is 49.4 Å². The van der Waals surface area contributed by atoms with Gasteiger partial charge in [0.05, 0.1) is 5.69 Å². The summed E-state index contributed by atoms with van der Waals surface area (Å²) in [5.41, 5.74) is 5.29. The van der Waals surface area contributed by atoms with Gasteiger partial charge in [-0.1, -0.05) is 48.0 Å². The van der Waals surface area contributed by atoms with Crippen LogP contribution in [-0.4, -0.2) is 11.8 Å². The molecule has 2 aromatic carbocycles. The molecule has 1 saturated heterocycles. The van der Waals surface area contributed by atoms with Crippen LogP contribution in [0.15, 0.2) is 60.2 Å². The van der Waals surface area contributed by atoms with E-state index in [1.165, 1.54) is 5.01 Å². The van der Waals surface area contributed by atoms with Crippen molar-refractivity contribution in [3.8, 4) is 0 Å². The summed E-state index contributed by atoms with van der Waals surface area (Å²) in [5.74, 6) is -0.725. The first-order valence-corrected chi connectivity index (χ1v) is 6.64. The number of carbonyl (C=O) groups excluding carboxylic acids is 2. The van der Waals surface area contributed by atoms with Gasteiger partial charge in [0.2, 0.25) is 0 Å². The molecule has 21 heavy (non-hydrogen) atoms. The monoisotopic (exact) mass is 278 g/mol. The molecule has 1 N–H and O–H groups in total. The van der Waals surface area contributed by atoms with Crippen molar-refractivity contribution in [3.05, 3.63) is 71.3 Å². The third kappa shape index (κ3) is 2.56. The second-order valence-corrected chi connectivity index (χ2v) is 4.89. The van der Waals surface area contributed by atoms with Crippen molar-refractivity contribution in [2.24, 2.45) is 0 Å². The van der Waals surface area contributed by atoms with Gasteiger partial charge >= 0.3 is 0 Å². The van der Waals surface area contributed by atoms with Crippen LogP contribution in [0.4, 0.5) is 5.69 Å². The first kappa shape index (κ1) is 13.1. The molecule has 0 aromatic heterocycles. The van der Waals surface area contributed by atoms with E-state index in [2.05, 4.69) is 5.43 Å². The summed E-state index contributed by atoms with van der Waals surface area (Å²) in [4.78, 5) is 24.4. The number of benzene rings is 2. The van der Waals surface area contributed by atoms with E-state index in [0.717, 1.165) is 11.1 Å². The van der Waals surface area contributed by atoms with Crippen LogP contribution in [0.1, 0.15) is 11.1 Å². The van der Waals surface area contributed by atoms with E-state index in [1.54, 1.807) is 18.2 Å². The molecule has 0 aliphatic carbocycles. The summed E-state index contributed by atoms with van der Waals surface area (Å²) in [6.07, 6.45) is 1.60. The minimum Gasteiger partial charge on any atom is -0.267 e. The molecular formula is C17H14N2O2. The van der Waals surface area contributed by atoms with Crippen LogP contribution < -0.4 is 10.4 Å². The highest BCUT2D eigenvalue weighted by atomic mass is 16.2. The van der Waals surface area contributed by atoms with E-state index < -0.39 is 0 Å². The molecular weight excluding hydrogens is 264 g/mol. The number of anilines is 1. The molecule has 1 heterocycles. The van der Waals surface area contributed by atoms with Gasteiger partial charge in [0, 0.05) is 0 Å². The summed E-state index contributed by atoms with van der Waals surface area (Å²) in [6.45, 7) is 1.97. The lowest BCUT2D eigenvalue weighted by molar-refractivity contribution is -0.117. The average molecular weight is 278 g/mol. The molecule has 0 atom stereocenters. The smallest absolute Gasteiger partial charge is 0.267 e. The number of nitrogens with zero attached hydrogens (tertiary/aromatic N) is 1. The maximum absolute atomic E-state index is 12.4. The van der Waals surface area contributed by atoms with Crippen molar-refractivity contribution < 1.29 is 9.59 Å². The maximum Gasteiger partial charge on any atom is 0.282 e. The highest BCUT2D eigenvalue weighted by Crippen LogP contribution is 2.21. The molecule has 1 fully saturated rings. The largest absolute Gasteiger partial charge is 0.282 e. The lowest BCUT2D eigenvalue weighted by Crippen LogP contribution is -2.35. The zero-order valence-corrected chi connectivity index (χ0v) is 11.5. The second kappa shape index (κ2) is 5.25. The van der Waals surface area contributed by atoms with Crippen molar-refractivity contribution in [2.45, 2.75) is 6.92 Å². The Balaban J connectivity index is 1.92. The molecule has 0 saturated carbocycles. The van der Waals surface area contributed by atoms with E-state index in [-0.39, 0.29) is 17.4 Å². The van der Waals surface area contributed by atoms with Crippen LogP contribution >= 0.6 is 0 Å². The molecule has 0 spiro atoms. The van der Waals surface area contributed by atoms with Crippen LogP contribution in [0, 0.1) is 6.92 Å². The number of hydrogen-bond acceptors (Lipinski definition) is 2. The van der Waals surface area contributed by atoms with Crippen LogP contribution in [0.25, 0.3) is 6.08 Å². The fourth-order valence-corrected chi connectivity index (χ4v) is 2.15. The number of amides is 2. The van der Waals surface area contributed by atoms with Gasteiger partial charge in [-0.2, -0.15) is 0 Å². The summed E-state index contributed by atoms with van der Waals surface area (Å²) >= 11 is 0. The number of aryl methyl sites for hydroxylation is 1. The summed E-state index contributed by atoms with van der Waals surface area (Å²) in [5, 5.41) is 1.27. The first-order chi connectivity index (χ1) is 10.1. The van der Waals surface area contributed by atoms with Gasteiger partial charge in [-0.15, -0.1) is 0 Å². The van der Waals surface area contributed by atoms with Crippen molar-refractivity contribution >= 4 is 23.6 Å². The number of rotatable bonds is 2. The van der Waals surface area contributed by atoms with Crippen molar-refractivity contribution in [1.82, 2.24) is 5.43 Å². The highest BCUT2D eigenvalue weighted by molar-refractivity contribution is 6.31. The number of hydrogen-bond donors (Lipinski definition) is 1. The van der Waals surface area contributed by atoms with Gasteiger partial charge < -0.3 is 0 Å². The highest BCUT2D eigenvalue weighted by Gasteiger charge is 2.34. The Morgan fingerprint density at radius 2 is 1.62 bits per heavy atom. The first-order valence-electron chi connectivity index (χ1n) is 6.64. The van der Waals surface area contributed by atoms with E-state index >= 15 is 0 Å². The Hall–Kier alpha value is -2.88. The number of carbonyl (C=O) groups is 2. The van der Waals surface area contributed by atoms with Crippen LogP contribution in [0.2, 0.25) is 0 Å². The third-order valence-electron chi connectivity index (χ3n) is 3.29. The molecule has 1 aliphatic rings. The minimum atomic E-state index is -0.385. The Kier molecular flexibility index (Phi) is 3.28. The van der Waals surface area contributed by atoms with Crippen LogP contribution in [0.3, 0.4) is 0 Å². The predicted molar refractivity (Wildman–Crippen MR) is 81.2 cm³/mol. The summed E-state index contributed by atoms with van der Waals surface area (Å²) in [6, 6.07) is 16.7. The maximum atomic E-state index is 12.4. The standard InChI is InChI=1S/C17H14N2O2/c1-12-7-9-14(10-8-12)19-17(21)15(16(20)18-19)11-13-5-3-2-4-6-13/h2-11H,1H3,(H,18,20). The van der Waals surface area contributed by atoms with Crippen molar-refractivity contribution in [2.75, 3.05) is 5.01 Å². The number of hydrazine groups is 1. The molecule has 4 heteroatoms. The molecule has 0 radical (unpaired) electrons. The third-order valence-corrected chi connectivity index (χ3v) is 3.29. The predicted octanol–water partition coefficient (Wildman–Crippen LogP) is 2.46. The quantitative estimate of drug-likeness (QED) is 0.677. The summed E-state index contributed by atoms with van der Waals surface area (Å²) < 4.78 is 0. The number of nitrogens with one attached hydrogen (secondary N) is 1. The molecule has 2 aromatic rings. The van der Waals surface area contributed by atoms with Crippen LogP contribution in [-0.2, 0) is 9.59 Å². The molecule has 0 bridgehead atoms. The summed E-state index contributed by atoms with van der Waals surface area (Å²) in [7, 11) is 0. The van der Waals surface area contributed by atoms with Gasteiger partial charge in [0.25, 0.3) is 11.8 Å². The van der Waals surface area contributed by atoms with Crippen LogP contribution in [0.5, 0.6) is 0 Å². The van der Waals surface area contributed by atoms with Gasteiger partial charge in [0.15, 0.2) is 0 Å². The fourth-order valence-electron chi connectivity index (χ4n) is 2.15. The molecule has 0 unspecified atom stereocenters. The Morgan fingerprint density at radius 3 is 2.29 bits per heavy atom. The van der Waals surface area contributed by atoms with E-state index in [4.69, 9.17) is 0 Å². The SMILES string of the molecule is Cc1ccc(N2NC(=O)C(=Cc3ccccc3)C2=O)cc1. The van der Waals surface area contributed by atoms with Gasteiger partial charge in [-0.3, -0.25) is 15.0 Å². The zero-order valence-electron chi connectivity index (χ0n) is 11.5. The molecule has 4 nitrogen and oxygen atoms in total. The lowest BCUT2D eigenvalue weighted by atomic mass is 10.1. The van der Waals surface area contributed by atoms with E-state index in [1.807, 2.05) is 49.4 Å². The minimum absolute atomic E-state index is 0.141. The van der Waals surface area contributed by atoms with E-state index in [9.17, 15) is 9.59 Å². The fraction of sp³-hybridized carbons (Fsp3) is 0.0588. The second-order valence-electron chi connectivity index (χ2n) is 4.89. The Labute approximate surface area is 122 Å². The molecule has 2 amide bonds. The molecule has 3 rings (SSSR count). The van der Waals surface area contributed by atoms with Crippen molar-refractivity contribution in [1.29, 1.82) is 0 Å².